The third-order valence-corrected chi connectivity index (χ3v) is 4.57. The number of pyridine rings is 1. The molecule has 0 saturated heterocycles. The van der Waals surface area contributed by atoms with Crippen molar-refractivity contribution < 1.29 is 9.90 Å². The molecule has 0 aliphatic rings. The fourth-order valence-corrected chi connectivity index (χ4v) is 3.14. The number of hydrazone groups is 1. The zero-order valence-electron chi connectivity index (χ0n) is 15.4. The van der Waals surface area contributed by atoms with Gasteiger partial charge in [-0.15, -0.1) is 0 Å². The maximum Gasteiger partial charge on any atom is 0.280 e. The van der Waals surface area contributed by atoms with Crippen molar-refractivity contribution in [1.82, 2.24) is 9.99 Å². The van der Waals surface area contributed by atoms with Gasteiger partial charge >= 0.3 is 0 Å². The number of para-hydroxylation sites is 1. The van der Waals surface area contributed by atoms with Gasteiger partial charge in [0, 0.05) is 17.0 Å². The summed E-state index contributed by atoms with van der Waals surface area (Å²) in [5.41, 5.74) is 2.73. The molecule has 7 heteroatoms. The first-order chi connectivity index (χ1) is 13.5. The Labute approximate surface area is 167 Å². The smallest absolute Gasteiger partial charge is 0.280 e. The standard InChI is InChI=1S/C21H20ClN3O3/c1-2-3-11-25-17-10-5-4-9-16(17)19(26)18(21(25)28)20(27)24-23-13-14-7-6-8-15(22)12-14/h4-10,12-13,26H,2-3,11H2,1H3,(H,24,27). The van der Waals surface area contributed by atoms with Crippen molar-refractivity contribution in [3.63, 3.8) is 0 Å². The lowest BCUT2D eigenvalue weighted by atomic mass is 10.1. The number of aryl methyl sites for hydroxylation is 1. The molecule has 0 radical (unpaired) electrons. The fraction of sp³-hybridized carbons (Fsp3) is 0.190. The Balaban J connectivity index is 1.97. The molecule has 0 saturated carbocycles. The van der Waals surface area contributed by atoms with E-state index in [1.807, 2.05) is 6.92 Å². The van der Waals surface area contributed by atoms with Gasteiger partial charge in [-0.2, -0.15) is 5.10 Å². The van der Waals surface area contributed by atoms with Crippen LogP contribution in [-0.4, -0.2) is 21.8 Å². The van der Waals surface area contributed by atoms with Gasteiger partial charge in [0.1, 0.15) is 11.3 Å². The Morgan fingerprint density at radius 3 is 2.79 bits per heavy atom. The molecule has 1 aromatic heterocycles. The van der Waals surface area contributed by atoms with Crippen molar-refractivity contribution in [2.75, 3.05) is 0 Å². The molecule has 0 bridgehead atoms. The normalized spacial score (nSPS) is 11.2. The van der Waals surface area contributed by atoms with E-state index in [9.17, 15) is 14.7 Å². The van der Waals surface area contributed by atoms with E-state index >= 15 is 0 Å². The minimum atomic E-state index is -0.767. The minimum Gasteiger partial charge on any atom is -0.506 e. The molecule has 2 N–H and O–H groups in total. The molecule has 3 aromatic rings. The number of nitrogens with one attached hydrogen (secondary N) is 1. The van der Waals surface area contributed by atoms with Crippen LogP contribution in [0.1, 0.15) is 35.7 Å². The van der Waals surface area contributed by atoms with Crippen molar-refractivity contribution in [1.29, 1.82) is 0 Å². The fourth-order valence-electron chi connectivity index (χ4n) is 2.94. The average Bonchev–Trinajstić information content (AvgIpc) is 2.68. The van der Waals surface area contributed by atoms with Crippen LogP contribution in [0.25, 0.3) is 10.9 Å². The van der Waals surface area contributed by atoms with Gasteiger partial charge in [0.2, 0.25) is 0 Å². The van der Waals surface area contributed by atoms with Gasteiger partial charge in [0.25, 0.3) is 11.5 Å². The number of nitrogens with zero attached hydrogens (tertiary/aromatic N) is 2. The van der Waals surface area contributed by atoms with E-state index in [4.69, 9.17) is 11.6 Å². The Hall–Kier alpha value is -3.12. The first-order valence-electron chi connectivity index (χ1n) is 8.96. The summed E-state index contributed by atoms with van der Waals surface area (Å²) in [6.07, 6.45) is 3.09. The highest BCUT2D eigenvalue weighted by atomic mass is 35.5. The molecule has 0 aliphatic carbocycles. The van der Waals surface area contributed by atoms with Crippen LogP contribution in [-0.2, 0) is 6.54 Å². The van der Waals surface area contributed by atoms with Crippen molar-refractivity contribution in [3.8, 4) is 5.75 Å². The Morgan fingerprint density at radius 2 is 2.04 bits per heavy atom. The van der Waals surface area contributed by atoms with Crippen LogP contribution < -0.4 is 11.0 Å². The summed E-state index contributed by atoms with van der Waals surface area (Å²) in [7, 11) is 0. The first kappa shape index (κ1) is 19.6. The summed E-state index contributed by atoms with van der Waals surface area (Å²) in [5, 5.41) is 15.4. The SMILES string of the molecule is CCCCn1c(=O)c(C(=O)NN=Cc2cccc(Cl)c2)c(O)c2ccccc21. The van der Waals surface area contributed by atoms with Gasteiger partial charge in [0.05, 0.1) is 11.7 Å². The molecule has 0 fully saturated rings. The van der Waals surface area contributed by atoms with E-state index < -0.39 is 11.5 Å². The molecule has 144 valence electrons. The third kappa shape index (κ3) is 4.07. The van der Waals surface area contributed by atoms with Gasteiger partial charge in [0.15, 0.2) is 0 Å². The number of aromatic nitrogens is 1. The lowest BCUT2D eigenvalue weighted by Crippen LogP contribution is -2.31. The quantitative estimate of drug-likeness (QED) is 0.488. The van der Waals surface area contributed by atoms with E-state index in [-0.39, 0.29) is 11.3 Å². The molecule has 2 aromatic carbocycles. The van der Waals surface area contributed by atoms with Crippen molar-refractivity contribution in [3.05, 3.63) is 75.0 Å². The van der Waals surface area contributed by atoms with Crippen LogP contribution in [0.4, 0.5) is 0 Å². The number of amides is 1. The summed E-state index contributed by atoms with van der Waals surface area (Å²) in [6.45, 7) is 2.48. The van der Waals surface area contributed by atoms with Crippen molar-refractivity contribution >= 4 is 34.6 Å². The maximum atomic E-state index is 12.9. The highest BCUT2D eigenvalue weighted by Gasteiger charge is 2.21. The molecule has 6 nitrogen and oxygen atoms in total. The van der Waals surface area contributed by atoms with E-state index in [1.165, 1.54) is 10.8 Å². The lowest BCUT2D eigenvalue weighted by Gasteiger charge is -2.14. The summed E-state index contributed by atoms with van der Waals surface area (Å²) in [5.74, 6) is -1.11. The number of benzene rings is 2. The largest absolute Gasteiger partial charge is 0.506 e. The zero-order chi connectivity index (χ0) is 20.1. The summed E-state index contributed by atoms with van der Waals surface area (Å²) < 4.78 is 1.52. The van der Waals surface area contributed by atoms with E-state index in [2.05, 4.69) is 10.5 Å². The molecular weight excluding hydrogens is 378 g/mol. The van der Waals surface area contributed by atoms with Crippen LogP contribution in [0, 0.1) is 0 Å². The molecule has 3 rings (SSSR count). The van der Waals surface area contributed by atoms with E-state index in [1.54, 1.807) is 48.5 Å². The van der Waals surface area contributed by atoms with E-state index in [0.717, 1.165) is 12.8 Å². The molecule has 0 aliphatic heterocycles. The van der Waals surface area contributed by atoms with Crippen molar-refractivity contribution in [2.24, 2.45) is 5.10 Å². The summed E-state index contributed by atoms with van der Waals surface area (Å²) >= 11 is 5.91. The second-order valence-electron chi connectivity index (χ2n) is 6.31. The molecule has 28 heavy (non-hydrogen) atoms. The Bertz CT molecular complexity index is 1110. The van der Waals surface area contributed by atoms with Gasteiger partial charge in [-0.3, -0.25) is 9.59 Å². The Morgan fingerprint density at radius 1 is 1.25 bits per heavy atom. The highest BCUT2D eigenvalue weighted by molar-refractivity contribution is 6.30. The monoisotopic (exact) mass is 397 g/mol. The predicted octanol–water partition coefficient (Wildman–Crippen LogP) is 3.92. The van der Waals surface area contributed by atoms with Crippen LogP contribution >= 0.6 is 11.6 Å². The number of hydrogen-bond donors (Lipinski definition) is 2. The molecule has 0 unspecified atom stereocenters. The number of fused-ring (bicyclic) bond motifs is 1. The molecule has 0 atom stereocenters. The molecular formula is C21H20ClN3O3. The van der Waals surface area contributed by atoms with Crippen LogP contribution in [0.2, 0.25) is 5.02 Å². The first-order valence-corrected chi connectivity index (χ1v) is 9.34. The topological polar surface area (TPSA) is 83.7 Å². The Kier molecular flexibility index (Phi) is 6.11. The van der Waals surface area contributed by atoms with E-state index in [0.29, 0.717) is 28.0 Å². The van der Waals surface area contributed by atoms with Gasteiger partial charge < -0.3 is 9.67 Å². The van der Waals surface area contributed by atoms with Gasteiger partial charge in [-0.25, -0.2) is 5.43 Å². The summed E-state index contributed by atoms with van der Waals surface area (Å²) in [6, 6.07) is 13.9. The second kappa shape index (κ2) is 8.71. The minimum absolute atomic E-state index is 0.321. The van der Waals surface area contributed by atoms with Crippen molar-refractivity contribution in [2.45, 2.75) is 26.3 Å². The third-order valence-electron chi connectivity index (χ3n) is 4.34. The van der Waals surface area contributed by atoms with Crippen LogP contribution in [0.15, 0.2) is 58.4 Å². The number of hydrogen-bond acceptors (Lipinski definition) is 4. The highest BCUT2D eigenvalue weighted by Crippen LogP contribution is 2.26. The number of carbonyl (C=O) groups excluding carboxylic acids is 1. The van der Waals surface area contributed by atoms with Gasteiger partial charge in [-0.1, -0.05) is 49.2 Å². The van der Waals surface area contributed by atoms with Crippen LogP contribution in [0.3, 0.4) is 0 Å². The van der Waals surface area contributed by atoms with Gasteiger partial charge in [-0.05, 0) is 36.2 Å². The number of halogens is 1. The summed E-state index contributed by atoms with van der Waals surface area (Å²) in [4.78, 5) is 25.5. The zero-order valence-corrected chi connectivity index (χ0v) is 16.1. The predicted molar refractivity (Wildman–Crippen MR) is 111 cm³/mol. The average molecular weight is 398 g/mol. The number of aromatic hydroxyl groups is 1. The number of rotatable bonds is 6. The van der Waals surface area contributed by atoms with Crippen LogP contribution in [0.5, 0.6) is 5.75 Å². The lowest BCUT2D eigenvalue weighted by molar-refractivity contribution is 0.0950. The molecule has 1 amide bonds. The maximum absolute atomic E-state index is 12.9. The molecule has 0 spiro atoms. The molecule has 1 heterocycles. The second-order valence-corrected chi connectivity index (χ2v) is 6.74. The number of carbonyl (C=O) groups is 1. The number of unbranched alkanes of at least 4 members (excludes halogenated alkanes) is 1.